The average molecular weight is 508 g/mol. The van der Waals surface area contributed by atoms with Crippen molar-refractivity contribution in [3.63, 3.8) is 0 Å². The largest absolute Gasteiger partial charge is 0.484 e. The SMILES string of the molecule is CCNC(=NCc1cccc(OCC(N)=O)c1)NCC1(c2ccccc2)CC1.I. The maximum Gasteiger partial charge on any atom is 0.255 e. The van der Waals surface area contributed by atoms with Crippen molar-refractivity contribution >= 4 is 35.8 Å². The molecule has 0 spiro atoms. The number of hydrogen-bond acceptors (Lipinski definition) is 3. The van der Waals surface area contributed by atoms with Crippen LogP contribution in [-0.4, -0.2) is 31.6 Å². The predicted molar refractivity (Wildman–Crippen MR) is 127 cm³/mol. The van der Waals surface area contributed by atoms with Gasteiger partial charge in [-0.05, 0) is 43.0 Å². The Bertz CT molecular complexity index is 823. The first-order valence-corrected chi connectivity index (χ1v) is 9.69. The van der Waals surface area contributed by atoms with Gasteiger partial charge in [-0.2, -0.15) is 0 Å². The van der Waals surface area contributed by atoms with Crippen LogP contribution in [0.3, 0.4) is 0 Å². The van der Waals surface area contributed by atoms with Crippen molar-refractivity contribution in [1.82, 2.24) is 10.6 Å². The van der Waals surface area contributed by atoms with E-state index in [-0.39, 0.29) is 36.0 Å². The van der Waals surface area contributed by atoms with E-state index in [4.69, 9.17) is 15.5 Å². The minimum Gasteiger partial charge on any atom is -0.484 e. The van der Waals surface area contributed by atoms with E-state index in [1.54, 1.807) is 6.07 Å². The topological polar surface area (TPSA) is 88.7 Å². The fraction of sp³-hybridized carbons (Fsp3) is 0.364. The Labute approximate surface area is 189 Å². The lowest BCUT2D eigenvalue weighted by molar-refractivity contribution is -0.119. The van der Waals surface area contributed by atoms with Gasteiger partial charge in [-0.25, -0.2) is 4.99 Å². The lowest BCUT2D eigenvalue weighted by atomic mass is 9.96. The molecule has 4 N–H and O–H groups in total. The summed E-state index contributed by atoms with van der Waals surface area (Å²) in [6.07, 6.45) is 2.39. The number of carbonyl (C=O) groups is 1. The highest BCUT2D eigenvalue weighted by molar-refractivity contribution is 14.0. The summed E-state index contributed by atoms with van der Waals surface area (Å²) in [6, 6.07) is 18.2. The van der Waals surface area contributed by atoms with Crippen LogP contribution in [0.2, 0.25) is 0 Å². The van der Waals surface area contributed by atoms with Crippen LogP contribution in [0.4, 0.5) is 0 Å². The average Bonchev–Trinajstić information content (AvgIpc) is 3.51. The van der Waals surface area contributed by atoms with Gasteiger partial charge >= 0.3 is 0 Å². The molecule has 1 amide bonds. The highest BCUT2D eigenvalue weighted by atomic mass is 127. The smallest absolute Gasteiger partial charge is 0.255 e. The Balaban J connectivity index is 0.00000300. The first kappa shape index (κ1) is 23.0. The normalized spacial score (nSPS) is 14.4. The molecule has 0 heterocycles. The Morgan fingerprint density at radius 3 is 2.55 bits per heavy atom. The predicted octanol–water partition coefficient (Wildman–Crippen LogP) is 2.96. The molecule has 2 aromatic rings. The molecule has 0 radical (unpaired) electrons. The third-order valence-electron chi connectivity index (χ3n) is 4.88. The van der Waals surface area contributed by atoms with Crippen molar-refractivity contribution in [2.75, 3.05) is 19.7 Å². The Morgan fingerprint density at radius 2 is 1.90 bits per heavy atom. The van der Waals surface area contributed by atoms with Crippen molar-refractivity contribution in [2.45, 2.75) is 31.7 Å². The number of primary amides is 1. The van der Waals surface area contributed by atoms with E-state index in [2.05, 4.69) is 47.9 Å². The zero-order chi connectivity index (χ0) is 19.8. The van der Waals surface area contributed by atoms with Crippen LogP contribution in [0, 0.1) is 0 Å². The Morgan fingerprint density at radius 1 is 1.14 bits per heavy atom. The summed E-state index contributed by atoms with van der Waals surface area (Å²) in [4.78, 5) is 15.6. The van der Waals surface area contributed by atoms with Gasteiger partial charge < -0.3 is 21.1 Å². The number of nitrogens with one attached hydrogen (secondary N) is 2. The molecule has 0 aromatic heterocycles. The maximum absolute atomic E-state index is 10.9. The summed E-state index contributed by atoms with van der Waals surface area (Å²) >= 11 is 0. The summed E-state index contributed by atoms with van der Waals surface area (Å²) < 4.78 is 5.36. The summed E-state index contributed by atoms with van der Waals surface area (Å²) in [5.74, 6) is 0.924. The van der Waals surface area contributed by atoms with Gasteiger partial charge in [-0.3, -0.25) is 4.79 Å². The molecule has 1 aliphatic rings. The molecule has 0 unspecified atom stereocenters. The van der Waals surface area contributed by atoms with Gasteiger partial charge in [0.25, 0.3) is 5.91 Å². The number of benzene rings is 2. The second kappa shape index (κ2) is 11.0. The number of nitrogens with zero attached hydrogens (tertiary/aromatic N) is 1. The molecule has 1 fully saturated rings. The van der Waals surface area contributed by atoms with Gasteiger partial charge in [0.05, 0.1) is 6.54 Å². The molecule has 156 valence electrons. The van der Waals surface area contributed by atoms with Crippen LogP contribution in [0.25, 0.3) is 0 Å². The van der Waals surface area contributed by atoms with Gasteiger partial charge in [-0.15, -0.1) is 24.0 Å². The van der Waals surface area contributed by atoms with Crippen LogP contribution in [0.5, 0.6) is 5.75 Å². The van der Waals surface area contributed by atoms with Gasteiger partial charge in [0.2, 0.25) is 0 Å². The van der Waals surface area contributed by atoms with Crippen LogP contribution in [0.1, 0.15) is 30.9 Å². The monoisotopic (exact) mass is 508 g/mol. The highest BCUT2D eigenvalue weighted by Gasteiger charge is 2.43. The molecule has 6 nitrogen and oxygen atoms in total. The molecule has 0 aliphatic heterocycles. The third-order valence-corrected chi connectivity index (χ3v) is 4.88. The van der Waals surface area contributed by atoms with E-state index < -0.39 is 5.91 Å². The second-order valence-corrected chi connectivity index (χ2v) is 7.10. The second-order valence-electron chi connectivity index (χ2n) is 7.10. The van der Waals surface area contributed by atoms with Crippen molar-refractivity contribution in [3.8, 4) is 5.75 Å². The molecule has 2 aromatic carbocycles. The van der Waals surface area contributed by atoms with E-state index in [1.165, 1.54) is 18.4 Å². The molecule has 3 rings (SSSR count). The van der Waals surface area contributed by atoms with Gasteiger partial charge in [0, 0.05) is 18.5 Å². The number of aliphatic imine (C=N–C) groups is 1. The molecule has 0 saturated heterocycles. The molecule has 29 heavy (non-hydrogen) atoms. The highest BCUT2D eigenvalue weighted by Crippen LogP contribution is 2.47. The van der Waals surface area contributed by atoms with E-state index >= 15 is 0 Å². The quantitative estimate of drug-likeness (QED) is 0.276. The number of nitrogens with two attached hydrogens (primary N) is 1. The standard InChI is InChI=1S/C22H28N4O2.HI/c1-2-24-21(26-16-22(11-12-22)18-8-4-3-5-9-18)25-14-17-7-6-10-19(13-17)28-15-20(23)27;/h3-10,13H,2,11-12,14-16H2,1H3,(H2,23,27)(H2,24,25,26);1H. The van der Waals surface area contributed by atoms with Crippen molar-refractivity contribution in [2.24, 2.45) is 10.7 Å². The fourth-order valence-corrected chi connectivity index (χ4v) is 3.16. The number of hydrogen-bond donors (Lipinski definition) is 3. The number of ether oxygens (including phenoxy) is 1. The first-order valence-electron chi connectivity index (χ1n) is 9.69. The lowest BCUT2D eigenvalue weighted by Crippen LogP contribution is -2.41. The van der Waals surface area contributed by atoms with Gasteiger partial charge in [0.1, 0.15) is 5.75 Å². The van der Waals surface area contributed by atoms with Crippen LogP contribution in [-0.2, 0) is 16.8 Å². The van der Waals surface area contributed by atoms with Crippen LogP contribution < -0.4 is 21.1 Å². The lowest BCUT2D eigenvalue weighted by Gasteiger charge is -2.19. The summed E-state index contributed by atoms with van der Waals surface area (Å²) in [5.41, 5.74) is 7.74. The molecule has 1 saturated carbocycles. The number of guanidine groups is 1. The molecule has 0 bridgehead atoms. The van der Waals surface area contributed by atoms with Crippen molar-refractivity contribution < 1.29 is 9.53 Å². The summed E-state index contributed by atoms with van der Waals surface area (Å²) in [5, 5.41) is 6.80. The van der Waals surface area contributed by atoms with Gasteiger partial charge in [0.15, 0.2) is 12.6 Å². The van der Waals surface area contributed by atoms with E-state index in [0.29, 0.717) is 12.3 Å². The Hall–Kier alpha value is -2.29. The molecule has 1 aliphatic carbocycles. The minimum atomic E-state index is -0.491. The molecule has 7 heteroatoms. The third kappa shape index (κ3) is 6.92. The Kier molecular flexibility index (Phi) is 8.75. The number of rotatable bonds is 9. The first-order chi connectivity index (χ1) is 13.6. The summed E-state index contributed by atoms with van der Waals surface area (Å²) in [7, 11) is 0. The van der Waals surface area contributed by atoms with E-state index in [1.807, 2.05) is 18.2 Å². The summed E-state index contributed by atoms with van der Waals surface area (Å²) in [6.45, 7) is 4.11. The fourth-order valence-electron chi connectivity index (χ4n) is 3.16. The molecular weight excluding hydrogens is 479 g/mol. The number of carbonyl (C=O) groups excluding carboxylic acids is 1. The van der Waals surface area contributed by atoms with E-state index in [0.717, 1.165) is 24.6 Å². The number of amides is 1. The van der Waals surface area contributed by atoms with Crippen molar-refractivity contribution in [1.29, 1.82) is 0 Å². The molecular formula is C22H29IN4O2. The minimum absolute atomic E-state index is 0. The van der Waals surface area contributed by atoms with Crippen LogP contribution in [0.15, 0.2) is 59.6 Å². The van der Waals surface area contributed by atoms with Crippen molar-refractivity contribution in [3.05, 3.63) is 65.7 Å². The van der Waals surface area contributed by atoms with Gasteiger partial charge in [-0.1, -0.05) is 42.5 Å². The maximum atomic E-state index is 10.9. The van der Waals surface area contributed by atoms with E-state index in [9.17, 15) is 4.79 Å². The zero-order valence-electron chi connectivity index (χ0n) is 16.7. The zero-order valence-corrected chi connectivity index (χ0v) is 19.0. The molecule has 0 atom stereocenters. The van der Waals surface area contributed by atoms with Crippen LogP contribution >= 0.6 is 24.0 Å². The number of halogens is 1.